The van der Waals surface area contributed by atoms with Crippen LogP contribution >= 0.6 is 0 Å². The Morgan fingerprint density at radius 1 is 1.24 bits per heavy atom. The average Bonchev–Trinajstić information content (AvgIpc) is 2.45. The standard InChI is InChI=1S/C16H22N2O3/c1-4-21-15(19)10-7-13-5-8-14(9-6-13)18-16(20)17-11-12(2)3/h5-10,12H,4,11H2,1-3H3,(H2,17,18,20)/b10-7+. The maximum atomic E-state index is 11.6. The molecule has 0 atom stereocenters. The van der Waals surface area contributed by atoms with E-state index in [0.717, 1.165) is 5.56 Å². The maximum Gasteiger partial charge on any atom is 0.330 e. The number of ether oxygens (including phenoxy) is 1. The first-order valence-electron chi connectivity index (χ1n) is 7.01. The van der Waals surface area contributed by atoms with E-state index in [4.69, 9.17) is 4.74 Å². The van der Waals surface area contributed by atoms with Gasteiger partial charge in [-0.15, -0.1) is 0 Å². The van der Waals surface area contributed by atoms with Gasteiger partial charge in [-0.1, -0.05) is 26.0 Å². The van der Waals surface area contributed by atoms with E-state index in [9.17, 15) is 9.59 Å². The van der Waals surface area contributed by atoms with Crippen molar-refractivity contribution in [1.82, 2.24) is 5.32 Å². The lowest BCUT2D eigenvalue weighted by molar-refractivity contribution is -0.137. The molecule has 0 heterocycles. The van der Waals surface area contributed by atoms with Crippen LogP contribution in [0, 0.1) is 5.92 Å². The molecule has 21 heavy (non-hydrogen) atoms. The van der Waals surface area contributed by atoms with Crippen molar-refractivity contribution >= 4 is 23.8 Å². The molecule has 0 saturated carbocycles. The second kappa shape index (κ2) is 8.79. The van der Waals surface area contributed by atoms with Crippen LogP contribution in [-0.2, 0) is 9.53 Å². The number of nitrogens with one attached hydrogen (secondary N) is 2. The quantitative estimate of drug-likeness (QED) is 0.625. The first-order chi connectivity index (χ1) is 10.0. The Kier molecular flexibility index (Phi) is 7.01. The van der Waals surface area contributed by atoms with Gasteiger partial charge in [-0.05, 0) is 36.6 Å². The highest BCUT2D eigenvalue weighted by molar-refractivity contribution is 5.90. The molecule has 1 aromatic carbocycles. The number of esters is 1. The summed E-state index contributed by atoms with van der Waals surface area (Å²) in [4.78, 5) is 22.8. The Bertz CT molecular complexity index is 493. The lowest BCUT2D eigenvalue weighted by Crippen LogP contribution is -2.31. The van der Waals surface area contributed by atoms with E-state index < -0.39 is 0 Å². The number of carbonyl (C=O) groups excluding carboxylic acids is 2. The van der Waals surface area contributed by atoms with E-state index in [-0.39, 0.29) is 12.0 Å². The van der Waals surface area contributed by atoms with Crippen LogP contribution in [0.15, 0.2) is 30.3 Å². The Hall–Kier alpha value is -2.30. The molecule has 0 aliphatic rings. The molecule has 114 valence electrons. The lowest BCUT2D eigenvalue weighted by atomic mass is 10.2. The normalized spacial score (nSPS) is 10.7. The molecule has 0 radical (unpaired) electrons. The highest BCUT2D eigenvalue weighted by Crippen LogP contribution is 2.10. The van der Waals surface area contributed by atoms with Crippen molar-refractivity contribution in [2.75, 3.05) is 18.5 Å². The molecule has 0 saturated heterocycles. The van der Waals surface area contributed by atoms with Gasteiger partial charge < -0.3 is 15.4 Å². The molecule has 1 rings (SSSR count). The second-order valence-electron chi connectivity index (χ2n) is 4.94. The van der Waals surface area contributed by atoms with Crippen LogP contribution in [0.5, 0.6) is 0 Å². The largest absolute Gasteiger partial charge is 0.463 e. The van der Waals surface area contributed by atoms with Crippen LogP contribution in [0.3, 0.4) is 0 Å². The molecular formula is C16H22N2O3. The zero-order valence-corrected chi connectivity index (χ0v) is 12.7. The molecule has 0 bridgehead atoms. The molecule has 2 N–H and O–H groups in total. The monoisotopic (exact) mass is 290 g/mol. The summed E-state index contributed by atoms with van der Waals surface area (Å²) in [5, 5.41) is 5.52. The summed E-state index contributed by atoms with van der Waals surface area (Å²) in [7, 11) is 0. The molecule has 0 aromatic heterocycles. The smallest absolute Gasteiger partial charge is 0.330 e. The molecule has 0 aliphatic heterocycles. The van der Waals surface area contributed by atoms with Crippen LogP contribution < -0.4 is 10.6 Å². The van der Waals surface area contributed by atoms with Crippen LogP contribution in [0.4, 0.5) is 10.5 Å². The third kappa shape index (κ3) is 7.15. The van der Waals surface area contributed by atoms with E-state index in [1.54, 1.807) is 25.1 Å². The van der Waals surface area contributed by atoms with Gasteiger partial charge in [-0.3, -0.25) is 0 Å². The number of anilines is 1. The number of amides is 2. The summed E-state index contributed by atoms with van der Waals surface area (Å²) in [5.41, 5.74) is 1.56. The molecule has 2 amide bonds. The van der Waals surface area contributed by atoms with Gasteiger partial charge in [0.15, 0.2) is 0 Å². The molecule has 1 aromatic rings. The lowest BCUT2D eigenvalue weighted by Gasteiger charge is -2.09. The summed E-state index contributed by atoms with van der Waals surface area (Å²) in [6, 6.07) is 6.96. The minimum atomic E-state index is -0.368. The van der Waals surface area contributed by atoms with Crippen molar-refractivity contribution in [3.63, 3.8) is 0 Å². The van der Waals surface area contributed by atoms with Crippen molar-refractivity contribution in [2.45, 2.75) is 20.8 Å². The van der Waals surface area contributed by atoms with Gasteiger partial charge in [-0.2, -0.15) is 0 Å². The Morgan fingerprint density at radius 3 is 2.48 bits per heavy atom. The fourth-order valence-electron chi connectivity index (χ4n) is 1.50. The summed E-state index contributed by atoms with van der Waals surface area (Å²) in [6.45, 7) is 6.82. The van der Waals surface area contributed by atoms with Crippen LogP contribution in [0.25, 0.3) is 6.08 Å². The van der Waals surface area contributed by atoms with Gasteiger partial charge in [0, 0.05) is 18.3 Å². The zero-order valence-electron chi connectivity index (χ0n) is 12.7. The van der Waals surface area contributed by atoms with Crippen molar-refractivity contribution in [3.05, 3.63) is 35.9 Å². The predicted octanol–water partition coefficient (Wildman–Crippen LogP) is 3.04. The molecule has 5 heteroatoms. The van der Waals surface area contributed by atoms with E-state index in [1.807, 2.05) is 26.0 Å². The summed E-state index contributed by atoms with van der Waals surface area (Å²) < 4.78 is 4.80. The minimum Gasteiger partial charge on any atom is -0.463 e. The fraction of sp³-hybridized carbons (Fsp3) is 0.375. The van der Waals surface area contributed by atoms with E-state index >= 15 is 0 Å². The number of hydrogen-bond donors (Lipinski definition) is 2. The van der Waals surface area contributed by atoms with Gasteiger partial charge in [0.2, 0.25) is 0 Å². The van der Waals surface area contributed by atoms with E-state index in [0.29, 0.717) is 24.8 Å². The summed E-state index contributed by atoms with van der Waals surface area (Å²) >= 11 is 0. The minimum absolute atomic E-state index is 0.224. The number of carbonyl (C=O) groups is 2. The van der Waals surface area contributed by atoms with Crippen LogP contribution in [-0.4, -0.2) is 25.2 Å². The van der Waals surface area contributed by atoms with Gasteiger partial charge in [0.05, 0.1) is 6.61 Å². The van der Waals surface area contributed by atoms with E-state index in [1.165, 1.54) is 6.08 Å². The Morgan fingerprint density at radius 2 is 1.90 bits per heavy atom. The molecule has 0 fully saturated rings. The molecule has 5 nitrogen and oxygen atoms in total. The fourth-order valence-corrected chi connectivity index (χ4v) is 1.50. The molecule has 0 unspecified atom stereocenters. The van der Waals surface area contributed by atoms with E-state index in [2.05, 4.69) is 10.6 Å². The topological polar surface area (TPSA) is 67.4 Å². The van der Waals surface area contributed by atoms with Gasteiger partial charge in [0.25, 0.3) is 0 Å². The van der Waals surface area contributed by atoms with Gasteiger partial charge in [-0.25, -0.2) is 9.59 Å². The van der Waals surface area contributed by atoms with Gasteiger partial charge >= 0.3 is 12.0 Å². The zero-order chi connectivity index (χ0) is 15.7. The number of benzene rings is 1. The second-order valence-corrected chi connectivity index (χ2v) is 4.94. The first-order valence-corrected chi connectivity index (χ1v) is 7.01. The average molecular weight is 290 g/mol. The highest BCUT2D eigenvalue weighted by Gasteiger charge is 2.02. The Balaban J connectivity index is 2.50. The number of urea groups is 1. The first kappa shape index (κ1) is 16.8. The SMILES string of the molecule is CCOC(=O)/C=C/c1ccc(NC(=O)NCC(C)C)cc1. The molecule has 0 spiro atoms. The number of rotatable bonds is 6. The van der Waals surface area contributed by atoms with Crippen molar-refractivity contribution in [3.8, 4) is 0 Å². The van der Waals surface area contributed by atoms with Crippen molar-refractivity contribution < 1.29 is 14.3 Å². The van der Waals surface area contributed by atoms with Crippen molar-refractivity contribution in [1.29, 1.82) is 0 Å². The third-order valence-corrected chi connectivity index (χ3v) is 2.54. The Labute approximate surface area is 125 Å². The summed E-state index contributed by atoms with van der Waals surface area (Å²) in [5.74, 6) is 0.0407. The maximum absolute atomic E-state index is 11.6. The van der Waals surface area contributed by atoms with Crippen molar-refractivity contribution in [2.24, 2.45) is 5.92 Å². The number of hydrogen-bond acceptors (Lipinski definition) is 3. The third-order valence-electron chi connectivity index (χ3n) is 2.54. The highest BCUT2D eigenvalue weighted by atomic mass is 16.5. The molecular weight excluding hydrogens is 268 g/mol. The van der Waals surface area contributed by atoms with Crippen LogP contribution in [0.2, 0.25) is 0 Å². The molecule has 0 aliphatic carbocycles. The van der Waals surface area contributed by atoms with Crippen LogP contribution in [0.1, 0.15) is 26.3 Å². The van der Waals surface area contributed by atoms with Gasteiger partial charge in [0.1, 0.15) is 0 Å². The predicted molar refractivity (Wildman–Crippen MR) is 84.0 cm³/mol. The summed E-state index contributed by atoms with van der Waals surface area (Å²) in [6.07, 6.45) is 3.04.